The van der Waals surface area contributed by atoms with E-state index in [4.69, 9.17) is 0 Å². The largest absolute Gasteiger partial charge is 0.335 e. The highest BCUT2D eigenvalue weighted by Crippen LogP contribution is 2.20. The number of H-pyrrole nitrogens is 1. The molecule has 0 fully saturated rings. The van der Waals surface area contributed by atoms with Crippen molar-refractivity contribution in [1.29, 1.82) is 0 Å². The first-order valence-electron chi connectivity index (χ1n) is 9.09. The van der Waals surface area contributed by atoms with Crippen molar-refractivity contribution in [1.82, 2.24) is 20.4 Å². The predicted octanol–water partition coefficient (Wildman–Crippen LogP) is 4.87. The summed E-state index contributed by atoms with van der Waals surface area (Å²) in [5.74, 6) is 1.15. The number of fused-ring (bicyclic) bond motifs is 2. The van der Waals surface area contributed by atoms with Gasteiger partial charge in [-0.2, -0.15) is 5.10 Å². The van der Waals surface area contributed by atoms with Crippen molar-refractivity contribution in [2.75, 3.05) is 0 Å². The number of para-hydroxylation sites is 4. The summed E-state index contributed by atoms with van der Waals surface area (Å²) < 4.78 is 1.13. The van der Waals surface area contributed by atoms with Crippen LogP contribution in [-0.4, -0.2) is 27.0 Å². The maximum absolute atomic E-state index is 4.68. The first-order valence-corrected chi connectivity index (χ1v) is 9.90. The van der Waals surface area contributed by atoms with Crippen LogP contribution in [0.15, 0.2) is 89.0 Å². The van der Waals surface area contributed by atoms with Gasteiger partial charge in [-0.25, -0.2) is 15.0 Å². The average Bonchev–Trinajstić information content (AvgIpc) is 3.37. The van der Waals surface area contributed by atoms with Crippen LogP contribution in [-0.2, 0) is 0 Å². The van der Waals surface area contributed by atoms with Crippen molar-refractivity contribution >= 4 is 50.3 Å². The standard InChI is InChI=1S/C22H16N6S/c1-2-8-15(9-3-1)24-22(21-26-16-10-4-5-11-17(16)27-21)28-23-14-20-25-18-12-6-7-13-19(18)29-20/h1-14H,(H,24,28)(H,26,27)/b23-14-. The number of nitrogens with one attached hydrogen (secondary N) is 2. The summed E-state index contributed by atoms with van der Waals surface area (Å²) in [5.41, 5.74) is 6.63. The summed E-state index contributed by atoms with van der Waals surface area (Å²) >= 11 is 1.59. The van der Waals surface area contributed by atoms with E-state index < -0.39 is 0 Å². The number of nitrogens with zero attached hydrogens (tertiary/aromatic N) is 4. The Bertz CT molecular complexity index is 1270. The summed E-state index contributed by atoms with van der Waals surface area (Å²) in [6, 6.07) is 25.6. The number of amidine groups is 1. The molecule has 0 aliphatic heterocycles. The van der Waals surface area contributed by atoms with E-state index in [0.717, 1.165) is 31.9 Å². The second kappa shape index (κ2) is 7.65. The quantitative estimate of drug-likeness (QED) is 0.258. The molecule has 0 unspecified atom stereocenters. The molecule has 0 aliphatic rings. The minimum Gasteiger partial charge on any atom is -0.335 e. The Kier molecular flexibility index (Phi) is 4.56. The van der Waals surface area contributed by atoms with Crippen LogP contribution in [0.3, 0.4) is 0 Å². The van der Waals surface area contributed by atoms with Crippen molar-refractivity contribution in [2.45, 2.75) is 0 Å². The van der Waals surface area contributed by atoms with Gasteiger partial charge in [0.25, 0.3) is 0 Å². The zero-order valence-corrected chi connectivity index (χ0v) is 16.1. The number of hydrazone groups is 1. The van der Waals surface area contributed by atoms with Gasteiger partial charge in [-0.05, 0) is 36.4 Å². The Balaban J connectivity index is 1.47. The molecule has 6 nitrogen and oxygen atoms in total. The second-order valence-electron chi connectivity index (χ2n) is 6.29. The molecule has 0 bridgehead atoms. The van der Waals surface area contributed by atoms with Gasteiger partial charge in [-0.1, -0.05) is 42.5 Å². The van der Waals surface area contributed by atoms with Crippen LogP contribution >= 0.6 is 11.3 Å². The molecular formula is C22H16N6S. The van der Waals surface area contributed by atoms with Crippen LogP contribution < -0.4 is 5.43 Å². The summed E-state index contributed by atoms with van der Waals surface area (Å²) in [6.07, 6.45) is 1.70. The van der Waals surface area contributed by atoms with Crippen LogP contribution in [0, 0.1) is 0 Å². The molecule has 5 rings (SSSR count). The third kappa shape index (κ3) is 3.76. The molecule has 2 heterocycles. The van der Waals surface area contributed by atoms with Crippen LogP contribution in [0.4, 0.5) is 5.69 Å². The monoisotopic (exact) mass is 396 g/mol. The average molecular weight is 396 g/mol. The number of benzene rings is 3. The lowest BCUT2D eigenvalue weighted by Crippen LogP contribution is -2.20. The number of thiazole rings is 1. The van der Waals surface area contributed by atoms with Crippen LogP contribution in [0.5, 0.6) is 0 Å². The van der Waals surface area contributed by atoms with E-state index in [1.807, 2.05) is 72.8 Å². The minimum atomic E-state index is 0.532. The Labute approximate surface area is 170 Å². The van der Waals surface area contributed by atoms with Gasteiger partial charge in [-0.3, -0.25) is 5.43 Å². The maximum Gasteiger partial charge on any atom is 0.190 e. The molecule has 0 atom stereocenters. The molecule has 3 aromatic carbocycles. The smallest absolute Gasteiger partial charge is 0.190 e. The van der Waals surface area contributed by atoms with Gasteiger partial charge in [0.05, 0.1) is 33.2 Å². The molecule has 2 N–H and O–H groups in total. The number of aromatic nitrogens is 3. The zero-order valence-electron chi connectivity index (χ0n) is 15.3. The molecule has 0 aliphatic carbocycles. The van der Waals surface area contributed by atoms with Gasteiger partial charge in [0.1, 0.15) is 5.01 Å². The highest BCUT2D eigenvalue weighted by molar-refractivity contribution is 7.20. The van der Waals surface area contributed by atoms with E-state index in [-0.39, 0.29) is 0 Å². The predicted molar refractivity (Wildman–Crippen MR) is 119 cm³/mol. The Hall–Kier alpha value is -3.84. The first kappa shape index (κ1) is 17.3. The van der Waals surface area contributed by atoms with Crippen LogP contribution in [0.1, 0.15) is 10.8 Å². The van der Waals surface area contributed by atoms with Gasteiger partial charge in [0, 0.05) is 0 Å². The number of imidazole rings is 1. The third-order valence-corrected chi connectivity index (χ3v) is 5.24. The number of hydrogen-bond donors (Lipinski definition) is 2. The van der Waals surface area contributed by atoms with E-state index in [9.17, 15) is 0 Å². The highest BCUT2D eigenvalue weighted by atomic mass is 32.1. The normalized spacial score (nSPS) is 12.2. The Morgan fingerprint density at radius 3 is 2.45 bits per heavy atom. The van der Waals surface area contributed by atoms with E-state index in [1.54, 1.807) is 17.6 Å². The SMILES string of the molecule is C(=N/NC(=Nc1ccccc1)c1nc2ccccc2[nH]1)/c1nc2ccccc2s1. The van der Waals surface area contributed by atoms with Crippen molar-refractivity contribution in [3.63, 3.8) is 0 Å². The zero-order chi connectivity index (χ0) is 19.5. The fourth-order valence-corrected chi connectivity index (χ4v) is 3.76. The molecule has 5 aromatic rings. The van der Waals surface area contributed by atoms with Crippen molar-refractivity contribution < 1.29 is 0 Å². The summed E-state index contributed by atoms with van der Waals surface area (Å²) in [7, 11) is 0. The van der Waals surface area contributed by atoms with Crippen LogP contribution in [0.25, 0.3) is 21.3 Å². The van der Waals surface area contributed by atoms with Gasteiger partial charge >= 0.3 is 0 Å². The Morgan fingerprint density at radius 2 is 1.62 bits per heavy atom. The number of aromatic amines is 1. The van der Waals surface area contributed by atoms with Gasteiger partial charge < -0.3 is 4.98 Å². The molecule has 0 spiro atoms. The lowest BCUT2D eigenvalue weighted by molar-refractivity contribution is 1.01. The summed E-state index contributed by atoms with van der Waals surface area (Å²) in [5, 5.41) is 5.18. The molecule has 0 saturated carbocycles. The number of rotatable bonds is 4. The van der Waals surface area contributed by atoms with Gasteiger partial charge in [0.2, 0.25) is 0 Å². The molecule has 140 valence electrons. The van der Waals surface area contributed by atoms with E-state index in [1.165, 1.54) is 0 Å². The van der Waals surface area contributed by atoms with E-state index >= 15 is 0 Å². The van der Waals surface area contributed by atoms with Crippen molar-refractivity contribution in [3.8, 4) is 0 Å². The fraction of sp³-hybridized carbons (Fsp3) is 0. The third-order valence-electron chi connectivity index (χ3n) is 4.27. The molecule has 7 heteroatoms. The Morgan fingerprint density at radius 1 is 0.862 bits per heavy atom. The van der Waals surface area contributed by atoms with Crippen molar-refractivity contribution in [3.05, 3.63) is 89.7 Å². The highest BCUT2D eigenvalue weighted by Gasteiger charge is 2.09. The second-order valence-corrected chi connectivity index (χ2v) is 7.35. The minimum absolute atomic E-state index is 0.532. The maximum atomic E-state index is 4.68. The lowest BCUT2D eigenvalue weighted by atomic mass is 10.3. The van der Waals surface area contributed by atoms with Crippen molar-refractivity contribution in [2.24, 2.45) is 10.1 Å². The van der Waals surface area contributed by atoms with E-state index in [2.05, 4.69) is 36.5 Å². The molecule has 0 amide bonds. The van der Waals surface area contributed by atoms with Gasteiger partial charge in [0.15, 0.2) is 11.7 Å². The number of hydrogen-bond acceptors (Lipinski definition) is 5. The van der Waals surface area contributed by atoms with Crippen LogP contribution in [0.2, 0.25) is 0 Å². The first-order chi connectivity index (χ1) is 14.3. The molecular weight excluding hydrogens is 380 g/mol. The topological polar surface area (TPSA) is 78.3 Å². The number of aliphatic imine (C=N–C) groups is 1. The summed E-state index contributed by atoms with van der Waals surface area (Å²) in [6.45, 7) is 0. The summed E-state index contributed by atoms with van der Waals surface area (Å²) in [4.78, 5) is 17.2. The molecule has 29 heavy (non-hydrogen) atoms. The molecule has 2 aromatic heterocycles. The molecule has 0 saturated heterocycles. The fourth-order valence-electron chi connectivity index (χ4n) is 2.92. The lowest BCUT2D eigenvalue weighted by Gasteiger charge is -2.02. The van der Waals surface area contributed by atoms with Gasteiger partial charge in [-0.15, -0.1) is 11.3 Å². The van der Waals surface area contributed by atoms with E-state index in [0.29, 0.717) is 11.7 Å². The molecule has 0 radical (unpaired) electrons.